The molecule has 0 aliphatic rings. The van der Waals surface area contributed by atoms with Crippen molar-refractivity contribution in [2.24, 2.45) is 0 Å². The van der Waals surface area contributed by atoms with E-state index in [0.717, 1.165) is 0 Å². The third kappa shape index (κ3) is 15.9. The van der Waals surface area contributed by atoms with Gasteiger partial charge in [0.15, 0.2) is 0 Å². The Morgan fingerprint density at radius 3 is 1.39 bits per heavy atom. The lowest BCUT2D eigenvalue weighted by Gasteiger charge is -2.08. The zero-order valence-corrected chi connectivity index (χ0v) is 13.1. The minimum absolute atomic E-state index is 1.19. The van der Waals surface area contributed by atoms with Crippen molar-refractivity contribution in [2.75, 3.05) is 34.2 Å². The van der Waals surface area contributed by atoms with Gasteiger partial charge in [-0.2, -0.15) is 0 Å². The van der Waals surface area contributed by atoms with Crippen LogP contribution in [0.1, 0.15) is 70.6 Å². The molecule has 0 aliphatic carbocycles. The Labute approximate surface area is 116 Å². The average molecular weight is 256 g/mol. The van der Waals surface area contributed by atoms with Gasteiger partial charge >= 0.3 is 0 Å². The number of nitrogens with zero attached hydrogens (tertiary/aromatic N) is 1. The fourth-order valence-corrected chi connectivity index (χ4v) is 2.32. The topological polar surface area (TPSA) is 15.3 Å². The standard InChI is InChI=1S/C16H36N2/c1-17-15-13-11-9-7-5-4-6-8-10-12-14-16-18(2)3/h17H,4-16H2,1-3H3. The third-order valence-electron chi connectivity index (χ3n) is 3.53. The van der Waals surface area contributed by atoms with Gasteiger partial charge in [0, 0.05) is 0 Å². The van der Waals surface area contributed by atoms with Crippen molar-refractivity contribution < 1.29 is 0 Å². The van der Waals surface area contributed by atoms with E-state index in [1.165, 1.54) is 83.7 Å². The highest BCUT2D eigenvalue weighted by Gasteiger charge is 1.94. The SMILES string of the molecule is CNCCCCCCCCCCCCCN(C)C. The first kappa shape index (κ1) is 17.9. The second-order valence-electron chi connectivity index (χ2n) is 5.80. The van der Waals surface area contributed by atoms with Crippen LogP contribution >= 0.6 is 0 Å². The molecule has 0 aromatic carbocycles. The van der Waals surface area contributed by atoms with E-state index in [4.69, 9.17) is 0 Å². The summed E-state index contributed by atoms with van der Waals surface area (Å²) in [5, 5.41) is 3.21. The van der Waals surface area contributed by atoms with Gasteiger partial charge in [0.2, 0.25) is 0 Å². The highest BCUT2D eigenvalue weighted by molar-refractivity contribution is 4.50. The summed E-state index contributed by atoms with van der Waals surface area (Å²) in [4.78, 5) is 2.29. The fraction of sp³-hybridized carbons (Fsp3) is 1.00. The number of unbranched alkanes of at least 4 members (excludes halogenated alkanes) is 10. The normalized spacial score (nSPS) is 11.3. The van der Waals surface area contributed by atoms with Gasteiger partial charge in [-0.1, -0.05) is 57.8 Å². The van der Waals surface area contributed by atoms with Crippen LogP contribution in [0.25, 0.3) is 0 Å². The molecule has 0 saturated heterocycles. The van der Waals surface area contributed by atoms with Crippen LogP contribution in [0.5, 0.6) is 0 Å². The summed E-state index contributed by atoms with van der Waals surface area (Å²) in [6, 6.07) is 0. The Morgan fingerprint density at radius 1 is 0.611 bits per heavy atom. The molecule has 0 radical (unpaired) electrons. The fourth-order valence-electron chi connectivity index (χ4n) is 2.32. The lowest BCUT2D eigenvalue weighted by atomic mass is 10.1. The molecular formula is C16H36N2. The molecule has 0 aromatic rings. The zero-order valence-electron chi connectivity index (χ0n) is 13.1. The van der Waals surface area contributed by atoms with Crippen molar-refractivity contribution in [2.45, 2.75) is 70.6 Å². The highest BCUT2D eigenvalue weighted by Crippen LogP contribution is 2.11. The van der Waals surface area contributed by atoms with Crippen molar-refractivity contribution in [3.05, 3.63) is 0 Å². The number of hydrogen-bond acceptors (Lipinski definition) is 2. The number of hydrogen-bond donors (Lipinski definition) is 1. The third-order valence-corrected chi connectivity index (χ3v) is 3.53. The molecule has 2 heteroatoms. The first-order valence-electron chi connectivity index (χ1n) is 8.06. The molecule has 0 atom stereocenters. The van der Waals surface area contributed by atoms with Crippen molar-refractivity contribution in [1.29, 1.82) is 0 Å². The summed E-state index contributed by atoms with van der Waals surface area (Å²) >= 11 is 0. The summed E-state index contributed by atoms with van der Waals surface area (Å²) in [6.45, 7) is 2.44. The lowest BCUT2D eigenvalue weighted by molar-refractivity contribution is 0.389. The Hall–Kier alpha value is -0.0800. The minimum atomic E-state index is 1.19. The number of nitrogens with one attached hydrogen (secondary N) is 1. The summed E-state index contributed by atoms with van der Waals surface area (Å²) < 4.78 is 0. The van der Waals surface area contributed by atoms with Crippen molar-refractivity contribution in [1.82, 2.24) is 10.2 Å². The number of rotatable bonds is 14. The van der Waals surface area contributed by atoms with Crippen LogP contribution in [-0.4, -0.2) is 39.1 Å². The maximum atomic E-state index is 3.21. The van der Waals surface area contributed by atoms with E-state index in [9.17, 15) is 0 Å². The first-order chi connectivity index (χ1) is 8.77. The smallest absolute Gasteiger partial charge is 0.00248 e. The van der Waals surface area contributed by atoms with Gasteiger partial charge in [-0.15, -0.1) is 0 Å². The van der Waals surface area contributed by atoms with Crippen LogP contribution in [0.15, 0.2) is 0 Å². The quantitative estimate of drug-likeness (QED) is 0.472. The highest BCUT2D eigenvalue weighted by atomic mass is 15.0. The van der Waals surface area contributed by atoms with Gasteiger partial charge in [-0.25, -0.2) is 0 Å². The molecule has 0 bridgehead atoms. The predicted octanol–water partition coefficient (Wildman–Crippen LogP) is 4.06. The molecule has 0 fully saturated rings. The predicted molar refractivity (Wildman–Crippen MR) is 83.3 cm³/mol. The van der Waals surface area contributed by atoms with E-state index >= 15 is 0 Å². The van der Waals surface area contributed by atoms with Gasteiger partial charge in [0.1, 0.15) is 0 Å². The van der Waals surface area contributed by atoms with Gasteiger partial charge in [0.25, 0.3) is 0 Å². The van der Waals surface area contributed by atoms with E-state index in [1.807, 2.05) is 7.05 Å². The van der Waals surface area contributed by atoms with Gasteiger partial charge in [0.05, 0.1) is 0 Å². The van der Waals surface area contributed by atoms with Gasteiger partial charge < -0.3 is 10.2 Å². The first-order valence-corrected chi connectivity index (χ1v) is 8.06. The molecule has 0 saturated carbocycles. The van der Waals surface area contributed by atoms with Crippen LogP contribution in [-0.2, 0) is 0 Å². The lowest BCUT2D eigenvalue weighted by Crippen LogP contribution is -2.12. The minimum Gasteiger partial charge on any atom is -0.320 e. The molecule has 18 heavy (non-hydrogen) atoms. The average Bonchev–Trinajstić information content (AvgIpc) is 2.34. The molecule has 0 aliphatic heterocycles. The van der Waals surface area contributed by atoms with Crippen LogP contribution in [0.3, 0.4) is 0 Å². The Kier molecular flexibility index (Phi) is 14.9. The molecule has 1 N–H and O–H groups in total. The van der Waals surface area contributed by atoms with E-state index in [-0.39, 0.29) is 0 Å². The summed E-state index contributed by atoms with van der Waals surface area (Å²) in [5.74, 6) is 0. The van der Waals surface area contributed by atoms with Crippen LogP contribution in [0, 0.1) is 0 Å². The molecule has 2 nitrogen and oxygen atoms in total. The van der Waals surface area contributed by atoms with Gasteiger partial charge in [-0.05, 0) is 47.1 Å². The monoisotopic (exact) mass is 256 g/mol. The summed E-state index contributed by atoms with van der Waals surface area (Å²) in [6.07, 6.45) is 15.7. The van der Waals surface area contributed by atoms with E-state index in [2.05, 4.69) is 24.3 Å². The van der Waals surface area contributed by atoms with Crippen molar-refractivity contribution in [3.63, 3.8) is 0 Å². The Morgan fingerprint density at radius 2 is 1.00 bits per heavy atom. The van der Waals surface area contributed by atoms with Crippen LogP contribution in [0.4, 0.5) is 0 Å². The maximum absolute atomic E-state index is 3.21. The molecule has 0 aromatic heterocycles. The Bertz CT molecular complexity index is 146. The molecule has 0 amide bonds. The largest absolute Gasteiger partial charge is 0.320 e. The maximum Gasteiger partial charge on any atom is -0.00248 e. The van der Waals surface area contributed by atoms with Crippen molar-refractivity contribution >= 4 is 0 Å². The zero-order chi connectivity index (χ0) is 13.5. The van der Waals surface area contributed by atoms with E-state index < -0.39 is 0 Å². The molecule has 0 unspecified atom stereocenters. The molecule has 110 valence electrons. The molecule has 0 rings (SSSR count). The second-order valence-corrected chi connectivity index (χ2v) is 5.80. The van der Waals surface area contributed by atoms with E-state index in [0.29, 0.717) is 0 Å². The molecule has 0 heterocycles. The molecular weight excluding hydrogens is 220 g/mol. The van der Waals surface area contributed by atoms with E-state index in [1.54, 1.807) is 0 Å². The van der Waals surface area contributed by atoms with Crippen molar-refractivity contribution in [3.8, 4) is 0 Å². The summed E-state index contributed by atoms with van der Waals surface area (Å²) in [5.41, 5.74) is 0. The summed E-state index contributed by atoms with van der Waals surface area (Å²) in [7, 11) is 6.37. The Balaban J connectivity index is 2.90. The van der Waals surface area contributed by atoms with Crippen LogP contribution in [0.2, 0.25) is 0 Å². The second kappa shape index (κ2) is 15.0. The van der Waals surface area contributed by atoms with Gasteiger partial charge in [-0.3, -0.25) is 0 Å². The van der Waals surface area contributed by atoms with Crippen LogP contribution < -0.4 is 5.32 Å². The molecule has 0 spiro atoms.